The number of aromatic nitrogens is 1. The third-order valence-corrected chi connectivity index (χ3v) is 3.21. The van der Waals surface area contributed by atoms with Crippen molar-refractivity contribution < 1.29 is 13.2 Å². The van der Waals surface area contributed by atoms with E-state index in [1.807, 2.05) is 6.92 Å². The first kappa shape index (κ1) is 17.1. The van der Waals surface area contributed by atoms with Crippen LogP contribution in [0.3, 0.4) is 0 Å². The number of nitrogens with zero attached hydrogens (tertiary/aromatic N) is 1. The summed E-state index contributed by atoms with van der Waals surface area (Å²) < 4.78 is 38.2. The maximum Gasteiger partial charge on any atom is 0.416 e. The highest BCUT2D eigenvalue weighted by Gasteiger charge is 2.31. The van der Waals surface area contributed by atoms with Crippen molar-refractivity contribution in [3.8, 4) is 0 Å². The number of rotatable bonds is 7. The van der Waals surface area contributed by atoms with Crippen LogP contribution in [-0.4, -0.2) is 11.0 Å². The van der Waals surface area contributed by atoms with Crippen molar-refractivity contribution in [2.75, 3.05) is 5.32 Å². The summed E-state index contributed by atoms with van der Waals surface area (Å²) in [5.74, 6) is 0.194. The number of pyridine rings is 1. The number of hydrogen-bond donors (Lipinski definition) is 1. The molecule has 0 amide bonds. The average molecular weight is 309 g/mol. The number of alkyl halides is 3. The van der Waals surface area contributed by atoms with E-state index in [0.29, 0.717) is 0 Å². The molecule has 1 aromatic rings. The Morgan fingerprint density at radius 2 is 1.90 bits per heavy atom. The summed E-state index contributed by atoms with van der Waals surface area (Å²) in [7, 11) is 0. The number of unbranched alkanes of at least 4 members (excludes halogenated alkanes) is 1. The summed E-state index contributed by atoms with van der Waals surface area (Å²) in [6.45, 7) is 4.13. The van der Waals surface area contributed by atoms with Crippen LogP contribution in [0.1, 0.15) is 51.5 Å². The second kappa shape index (κ2) is 7.72. The molecule has 0 radical (unpaired) electrons. The molecule has 0 saturated carbocycles. The minimum absolute atomic E-state index is 0.131. The summed E-state index contributed by atoms with van der Waals surface area (Å²) in [4.78, 5) is 3.93. The zero-order chi connectivity index (χ0) is 15.2. The maximum absolute atomic E-state index is 12.7. The fraction of sp³-hybridized carbons (Fsp3) is 0.643. The van der Waals surface area contributed by atoms with E-state index in [9.17, 15) is 13.2 Å². The van der Waals surface area contributed by atoms with Gasteiger partial charge in [-0.25, -0.2) is 4.98 Å². The van der Waals surface area contributed by atoms with Gasteiger partial charge in [0.1, 0.15) is 11.0 Å². The van der Waals surface area contributed by atoms with Crippen molar-refractivity contribution in [3.63, 3.8) is 0 Å². The van der Waals surface area contributed by atoms with E-state index in [4.69, 9.17) is 11.6 Å². The van der Waals surface area contributed by atoms with Gasteiger partial charge in [0.25, 0.3) is 0 Å². The van der Waals surface area contributed by atoms with E-state index < -0.39 is 11.7 Å². The van der Waals surface area contributed by atoms with E-state index in [1.54, 1.807) is 0 Å². The van der Waals surface area contributed by atoms with Crippen LogP contribution in [-0.2, 0) is 6.18 Å². The molecule has 1 aromatic heterocycles. The molecule has 1 atom stereocenters. The van der Waals surface area contributed by atoms with Gasteiger partial charge in [0.05, 0.1) is 5.56 Å². The van der Waals surface area contributed by atoms with Crippen LogP contribution in [0.4, 0.5) is 19.0 Å². The first-order chi connectivity index (χ1) is 9.36. The fourth-order valence-electron chi connectivity index (χ4n) is 2.03. The van der Waals surface area contributed by atoms with Gasteiger partial charge >= 0.3 is 6.18 Å². The molecule has 6 heteroatoms. The Morgan fingerprint density at radius 3 is 2.45 bits per heavy atom. The Balaban J connectivity index is 2.86. The summed E-state index contributed by atoms with van der Waals surface area (Å²) in [6.07, 6.45) is 0.458. The lowest BCUT2D eigenvalue weighted by Gasteiger charge is -2.19. The normalized spacial score (nSPS) is 13.3. The van der Waals surface area contributed by atoms with Crippen LogP contribution in [0, 0.1) is 0 Å². The maximum atomic E-state index is 12.7. The number of hydrogen-bond acceptors (Lipinski definition) is 2. The highest BCUT2D eigenvalue weighted by Crippen LogP contribution is 2.32. The van der Waals surface area contributed by atoms with Crippen LogP contribution >= 0.6 is 11.6 Å². The Bertz CT molecular complexity index is 421. The minimum atomic E-state index is -4.41. The third-order valence-electron chi connectivity index (χ3n) is 3.02. The summed E-state index contributed by atoms with van der Waals surface area (Å²) >= 11 is 5.67. The van der Waals surface area contributed by atoms with Crippen molar-refractivity contribution in [1.29, 1.82) is 0 Å². The van der Waals surface area contributed by atoms with Crippen molar-refractivity contribution >= 4 is 17.4 Å². The van der Waals surface area contributed by atoms with E-state index >= 15 is 0 Å². The summed E-state index contributed by atoms with van der Waals surface area (Å²) in [6, 6.07) is 1.99. The lowest BCUT2D eigenvalue weighted by molar-refractivity contribution is -0.137. The second-order valence-electron chi connectivity index (χ2n) is 4.83. The van der Waals surface area contributed by atoms with Crippen LogP contribution in [0.25, 0.3) is 0 Å². The van der Waals surface area contributed by atoms with Gasteiger partial charge in [-0.05, 0) is 25.0 Å². The Morgan fingerprint density at radius 1 is 1.20 bits per heavy atom. The summed E-state index contributed by atoms with van der Waals surface area (Å²) in [5, 5.41) is 2.93. The molecule has 0 aliphatic heterocycles. The van der Waals surface area contributed by atoms with Gasteiger partial charge in [-0.1, -0.05) is 44.7 Å². The van der Waals surface area contributed by atoms with Gasteiger partial charge in [-0.3, -0.25) is 0 Å². The largest absolute Gasteiger partial charge is 0.416 e. The van der Waals surface area contributed by atoms with E-state index in [-0.39, 0.29) is 17.0 Å². The van der Waals surface area contributed by atoms with Crippen LogP contribution in [0.5, 0.6) is 0 Å². The Labute approximate surface area is 122 Å². The van der Waals surface area contributed by atoms with Gasteiger partial charge in [0.2, 0.25) is 0 Å². The van der Waals surface area contributed by atoms with Gasteiger partial charge in [-0.15, -0.1) is 0 Å². The SMILES string of the molecule is CCCCC(CCC)Nc1cc(C(F)(F)F)cc(Cl)n1. The number of nitrogens with one attached hydrogen (secondary N) is 1. The first-order valence-corrected chi connectivity index (χ1v) is 7.26. The molecular weight excluding hydrogens is 289 g/mol. The number of anilines is 1. The van der Waals surface area contributed by atoms with Crippen LogP contribution in [0.2, 0.25) is 5.15 Å². The molecule has 0 aliphatic rings. The molecular formula is C14H20ClF3N2. The number of halogens is 4. The third kappa shape index (κ3) is 5.57. The van der Waals surface area contributed by atoms with E-state index in [1.165, 1.54) is 0 Å². The molecule has 1 heterocycles. The zero-order valence-corrected chi connectivity index (χ0v) is 12.5. The van der Waals surface area contributed by atoms with Gasteiger partial charge in [0.15, 0.2) is 0 Å². The van der Waals surface area contributed by atoms with E-state index in [0.717, 1.165) is 44.2 Å². The van der Waals surface area contributed by atoms with Gasteiger partial charge in [0, 0.05) is 6.04 Å². The Kier molecular flexibility index (Phi) is 6.59. The molecule has 2 nitrogen and oxygen atoms in total. The first-order valence-electron chi connectivity index (χ1n) is 6.88. The molecule has 1 rings (SSSR count). The molecule has 114 valence electrons. The van der Waals surface area contributed by atoms with Crippen molar-refractivity contribution in [2.45, 2.75) is 58.2 Å². The lowest BCUT2D eigenvalue weighted by atomic mass is 10.1. The van der Waals surface area contributed by atoms with Crippen LogP contribution in [0.15, 0.2) is 12.1 Å². The highest BCUT2D eigenvalue weighted by molar-refractivity contribution is 6.29. The zero-order valence-electron chi connectivity index (χ0n) is 11.7. The predicted molar refractivity (Wildman–Crippen MR) is 76.1 cm³/mol. The molecule has 0 spiro atoms. The molecule has 20 heavy (non-hydrogen) atoms. The Hall–Kier alpha value is -0.970. The summed E-state index contributed by atoms with van der Waals surface area (Å²) in [5.41, 5.74) is -0.772. The van der Waals surface area contributed by atoms with Crippen molar-refractivity contribution in [2.24, 2.45) is 0 Å². The molecule has 1 unspecified atom stereocenters. The minimum Gasteiger partial charge on any atom is -0.367 e. The predicted octanol–water partition coefficient (Wildman–Crippen LogP) is 5.52. The quantitative estimate of drug-likeness (QED) is 0.670. The van der Waals surface area contributed by atoms with E-state index in [2.05, 4.69) is 17.2 Å². The fourth-order valence-corrected chi connectivity index (χ4v) is 2.24. The van der Waals surface area contributed by atoms with Crippen molar-refractivity contribution in [3.05, 3.63) is 22.8 Å². The van der Waals surface area contributed by atoms with Crippen molar-refractivity contribution in [1.82, 2.24) is 4.98 Å². The molecule has 0 bridgehead atoms. The van der Waals surface area contributed by atoms with Gasteiger partial charge in [-0.2, -0.15) is 13.2 Å². The standard InChI is InChI=1S/C14H20ClF3N2/c1-3-5-7-11(6-4-2)19-13-9-10(14(16,17)18)8-12(15)20-13/h8-9,11H,3-7H2,1-2H3,(H,19,20). The molecule has 0 fully saturated rings. The molecule has 0 aromatic carbocycles. The average Bonchev–Trinajstić information content (AvgIpc) is 2.34. The van der Waals surface area contributed by atoms with Crippen LogP contribution < -0.4 is 5.32 Å². The molecule has 0 saturated heterocycles. The lowest BCUT2D eigenvalue weighted by Crippen LogP contribution is -2.20. The molecule has 0 aliphatic carbocycles. The topological polar surface area (TPSA) is 24.9 Å². The highest BCUT2D eigenvalue weighted by atomic mass is 35.5. The smallest absolute Gasteiger partial charge is 0.367 e. The van der Waals surface area contributed by atoms with Gasteiger partial charge < -0.3 is 5.32 Å². The molecule has 1 N–H and O–H groups in total. The second-order valence-corrected chi connectivity index (χ2v) is 5.22. The monoisotopic (exact) mass is 308 g/mol.